The van der Waals surface area contributed by atoms with Crippen LogP contribution in [-0.2, 0) is 0 Å². The molecule has 2 aromatic heterocycles. The Balaban J connectivity index is 1.82. The standard InChI is InChI=1S/C14H20N4/c1-14(2)6-3-4-11(10-14)17-13-12-5-7-16-18(12)9-8-15-13/h5,7-9,11H,3-4,6,10H2,1-2H3,(H,15,17). The van der Waals surface area contributed by atoms with Crippen LogP contribution in [0.2, 0.25) is 0 Å². The number of aromatic nitrogens is 3. The molecule has 0 bridgehead atoms. The fourth-order valence-corrected chi connectivity index (χ4v) is 2.98. The van der Waals surface area contributed by atoms with E-state index in [1.165, 1.54) is 25.7 Å². The van der Waals surface area contributed by atoms with E-state index in [-0.39, 0.29) is 0 Å². The molecule has 4 nitrogen and oxygen atoms in total. The van der Waals surface area contributed by atoms with Gasteiger partial charge >= 0.3 is 0 Å². The number of nitrogens with one attached hydrogen (secondary N) is 1. The summed E-state index contributed by atoms with van der Waals surface area (Å²) < 4.78 is 1.86. The first-order valence-electron chi connectivity index (χ1n) is 6.69. The predicted molar refractivity (Wildman–Crippen MR) is 72.6 cm³/mol. The second-order valence-electron chi connectivity index (χ2n) is 6.04. The lowest BCUT2D eigenvalue weighted by Crippen LogP contribution is -2.32. The maximum Gasteiger partial charge on any atom is 0.152 e. The zero-order chi connectivity index (χ0) is 12.6. The van der Waals surface area contributed by atoms with Crippen LogP contribution in [-0.4, -0.2) is 20.6 Å². The molecule has 1 atom stereocenters. The number of fused-ring (bicyclic) bond motifs is 1. The van der Waals surface area contributed by atoms with Gasteiger partial charge < -0.3 is 5.32 Å². The summed E-state index contributed by atoms with van der Waals surface area (Å²) in [6.07, 6.45) is 10.6. The second-order valence-corrected chi connectivity index (χ2v) is 6.04. The van der Waals surface area contributed by atoms with Crippen LogP contribution >= 0.6 is 0 Å². The Hall–Kier alpha value is -1.58. The quantitative estimate of drug-likeness (QED) is 0.882. The van der Waals surface area contributed by atoms with Gasteiger partial charge in [0.2, 0.25) is 0 Å². The van der Waals surface area contributed by atoms with Crippen molar-refractivity contribution < 1.29 is 0 Å². The summed E-state index contributed by atoms with van der Waals surface area (Å²) >= 11 is 0. The molecule has 1 aliphatic carbocycles. The van der Waals surface area contributed by atoms with E-state index in [1.54, 1.807) is 6.20 Å². The molecule has 2 aromatic rings. The lowest BCUT2D eigenvalue weighted by Gasteiger charge is -2.35. The predicted octanol–water partition coefficient (Wildman–Crippen LogP) is 3.11. The van der Waals surface area contributed by atoms with Gasteiger partial charge in [0.25, 0.3) is 0 Å². The van der Waals surface area contributed by atoms with E-state index in [4.69, 9.17) is 0 Å². The van der Waals surface area contributed by atoms with Crippen molar-refractivity contribution >= 4 is 11.3 Å². The summed E-state index contributed by atoms with van der Waals surface area (Å²) in [5.74, 6) is 0.956. The Labute approximate surface area is 107 Å². The van der Waals surface area contributed by atoms with Gasteiger partial charge in [-0.1, -0.05) is 20.3 Å². The largest absolute Gasteiger partial charge is 0.366 e. The molecule has 0 amide bonds. The van der Waals surface area contributed by atoms with E-state index < -0.39 is 0 Å². The van der Waals surface area contributed by atoms with Gasteiger partial charge in [-0.2, -0.15) is 5.10 Å². The molecule has 0 radical (unpaired) electrons. The third kappa shape index (κ3) is 2.19. The summed E-state index contributed by atoms with van der Waals surface area (Å²) in [5, 5.41) is 7.83. The van der Waals surface area contributed by atoms with Crippen molar-refractivity contribution in [2.24, 2.45) is 5.41 Å². The number of hydrogen-bond donors (Lipinski definition) is 1. The molecule has 2 heterocycles. The molecule has 3 rings (SSSR count). The maximum atomic E-state index is 4.45. The van der Waals surface area contributed by atoms with Crippen LogP contribution in [0.1, 0.15) is 39.5 Å². The van der Waals surface area contributed by atoms with Gasteiger partial charge in [-0.15, -0.1) is 0 Å². The van der Waals surface area contributed by atoms with Crippen LogP contribution in [0.5, 0.6) is 0 Å². The molecule has 0 spiro atoms. The van der Waals surface area contributed by atoms with E-state index >= 15 is 0 Å². The Morgan fingerprint density at radius 1 is 1.39 bits per heavy atom. The third-order valence-electron chi connectivity index (χ3n) is 3.87. The Bertz CT molecular complexity index is 543. The Kier molecular flexibility index (Phi) is 2.73. The van der Waals surface area contributed by atoms with Crippen molar-refractivity contribution in [2.45, 2.75) is 45.6 Å². The molecule has 4 heteroatoms. The van der Waals surface area contributed by atoms with Crippen molar-refractivity contribution in [1.82, 2.24) is 14.6 Å². The lowest BCUT2D eigenvalue weighted by atomic mass is 9.75. The highest BCUT2D eigenvalue weighted by Gasteiger charge is 2.28. The number of rotatable bonds is 2. The lowest BCUT2D eigenvalue weighted by molar-refractivity contribution is 0.229. The van der Waals surface area contributed by atoms with Crippen LogP contribution in [0.3, 0.4) is 0 Å². The average molecular weight is 244 g/mol. The summed E-state index contributed by atoms with van der Waals surface area (Å²) in [6.45, 7) is 4.71. The minimum atomic E-state index is 0.446. The van der Waals surface area contributed by atoms with Crippen LogP contribution < -0.4 is 5.32 Å². The van der Waals surface area contributed by atoms with Crippen molar-refractivity contribution in [2.75, 3.05) is 5.32 Å². The summed E-state index contributed by atoms with van der Waals surface area (Å²) in [7, 11) is 0. The zero-order valence-electron chi connectivity index (χ0n) is 11.1. The first-order chi connectivity index (χ1) is 8.64. The van der Waals surface area contributed by atoms with Gasteiger partial charge in [0, 0.05) is 18.4 Å². The van der Waals surface area contributed by atoms with E-state index in [0.29, 0.717) is 11.5 Å². The molecule has 0 aromatic carbocycles. The molecule has 1 saturated carbocycles. The average Bonchev–Trinajstić information content (AvgIpc) is 2.77. The monoisotopic (exact) mass is 244 g/mol. The van der Waals surface area contributed by atoms with Gasteiger partial charge in [0.05, 0.1) is 6.20 Å². The topological polar surface area (TPSA) is 42.2 Å². The van der Waals surface area contributed by atoms with Crippen molar-refractivity contribution in [1.29, 1.82) is 0 Å². The Morgan fingerprint density at radius 3 is 3.11 bits per heavy atom. The zero-order valence-corrected chi connectivity index (χ0v) is 11.1. The summed E-state index contributed by atoms with van der Waals surface area (Å²) in [4.78, 5) is 4.45. The molecule has 1 unspecified atom stereocenters. The fourth-order valence-electron chi connectivity index (χ4n) is 2.98. The van der Waals surface area contributed by atoms with Gasteiger partial charge in [-0.25, -0.2) is 9.50 Å². The molecule has 0 saturated heterocycles. The molecule has 1 fully saturated rings. The van der Waals surface area contributed by atoms with Crippen LogP contribution in [0.4, 0.5) is 5.82 Å². The fraction of sp³-hybridized carbons (Fsp3) is 0.571. The van der Waals surface area contributed by atoms with Gasteiger partial charge in [-0.3, -0.25) is 0 Å². The minimum absolute atomic E-state index is 0.446. The van der Waals surface area contributed by atoms with Crippen LogP contribution in [0.25, 0.3) is 5.52 Å². The van der Waals surface area contributed by atoms with Crippen molar-refractivity contribution in [3.8, 4) is 0 Å². The minimum Gasteiger partial charge on any atom is -0.366 e. The summed E-state index contributed by atoms with van der Waals surface area (Å²) in [5.41, 5.74) is 1.50. The van der Waals surface area contributed by atoms with E-state index in [9.17, 15) is 0 Å². The number of hydrogen-bond acceptors (Lipinski definition) is 3. The first-order valence-corrected chi connectivity index (χ1v) is 6.69. The Morgan fingerprint density at radius 2 is 2.28 bits per heavy atom. The normalized spacial score (nSPS) is 23.1. The molecule has 0 aliphatic heterocycles. The maximum absolute atomic E-state index is 4.45. The molecule has 1 N–H and O–H groups in total. The highest BCUT2D eigenvalue weighted by molar-refractivity contribution is 5.67. The highest BCUT2D eigenvalue weighted by atomic mass is 15.2. The third-order valence-corrected chi connectivity index (χ3v) is 3.87. The SMILES string of the molecule is CC1(C)CCCC(Nc2nccn3nccc23)C1. The van der Waals surface area contributed by atoms with Crippen LogP contribution in [0, 0.1) is 5.41 Å². The van der Waals surface area contributed by atoms with Crippen molar-refractivity contribution in [3.63, 3.8) is 0 Å². The number of anilines is 1. The van der Waals surface area contributed by atoms with Gasteiger partial charge in [0.15, 0.2) is 5.82 Å². The van der Waals surface area contributed by atoms with Crippen LogP contribution in [0.15, 0.2) is 24.7 Å². The molecule has 1 aliphatic rings. The first kappa shape index (κ1) is 11.5. The smallest absolute Gasteiger partial charge is 0.152 e. The molecular formula is C14H20N4. The van der Waals surface area contributed by atoms with Crippen molar-refractivity contribution in [3.05, 3.63) is 24.7 Å². The van der Waals surface area contributed by atoms with E-state index in [2.05, 4.69) is 29.2 Å². The van der Waals surface area contributed by atoms with Gasteiger partial charge in [-0.05, 0) is 30.7 Å². The van der Waals surface area contributed by atoms with E-state index in [0.717, 1.165) is 11.3 Å². The molecule has 96 valence electrons. The second kappa shape index (κ2) is 4.26. The number of nitrogens with zero attached hydrogens (tertiary/aromatic N) is 3. The summed E-state index contributed by atoms with van der Waals surface area (Å²) in [6, 6.07) is 2.53. The van der Waals surface area contributed by atoms with E-state index in [1.807, 2.05) is 23.0 Å². The molecule has 18 heavy (non-hydrogen) atoms. The van der Waals surface area contributed by atoms with Gasteiger partial charge in [0.1, 0.15) is 5.52 Å². The molecular weight excluding hydrogens is 224 g/mol. The highest BCUT2D eigenvalue weighted by Crippen LogP contribution is 2.36.